The summed E-state index contributed by atoms with van der Waals surface area (Å²) < 4.78 is 48.5. The van der Waals surface area contributed by atoms with Crippen LogP contribution in [0.25, 0.3) is 10.8 Å². The van der Waals surface area contributed by atoms with Crippen LogP contribution in [0.2, 0.25) is 0 Å². The molecule has 1 saturated heterocycles. The lowest BCUT2D eigenvalue weighted by Gasteiger charge is -2.45. The summed E-state index contributed by atoms with van der Waals surface area (Å²) in [7, 11) is 0. The SMILES string of the molecule is C[C@H]1CC[C@@H](Oc2ccc3cc(CC4C5CCNC4CC(C(=O)O)C5)ccc3c2C(F)(F)F)CC1. The van der Waals surface area contributed by atoms with E-state index in [9.17, 15) is 23.1 Å². The molecule has 2 aromatic rings. The van der Waals surface area contributed by atoms with Gasteiger partial charge in [-0.3, -0.25) is 4.79 Å². The Morgan fingerprint density at radius 2 is 1.86 bits per heavy atom. The van der Waals surface area contributed by atoms with Crippen LogP contribution in [0.4, 0.5) is 13.2 Å². The van der Waals surface area contributed by atoms with Crippen molar-refractivity contribution in [3.63, 3.8) is 0 Å². The summed E-state index contributed by atoms with van der Waals surface area (Å²) in [5.74, 6) is 0.115. The molecule has 2 bridgehead atoms. The van der Waals surface area contributed by atoms with Crippen LogP contribution in [0, 0.1) is 23.7 Å². The summed E-state index contributed by atoms with van der Waals surface area (Å²) in [5.41, 5.74) is 0.318. The number of fused-ring (bicyclic) bond motifs is 3. The minimum atomic E-state index is -4.51. The number of piperidine rings is 1. The number of alkyl halides is 3. The quantitative estimate of drug-likeness (QED) is 0.507. The van der Waals surface area contributed by atoms with E-state index < -0.39 is 17.7 Å². The van der Waals surface area contributed by atoms with Gasteiger partial charge in [0, 0.05) is 6.04 Å². The van der Waals surface area contributed by atoms with Gasteiger partial charge in [0.15, 0.2) is 0 Å². The highest BCUT2D eigenvalue weighted by molar-refractivity contribution is 5.89. The first-order valence-electron chi connectivity index (χ1n) is 12.9. The van der Waals surface area contributed by atoms with Gasteiger partial charge in [-0.15, -0.1) is 0 Å². The number of halogens is 3. The van der Waals surface area contributed by atoms with Gasteiger partial charge in [-0.05, 0) is 98.1 Å². The highest BCUT2D eigenvalue weighted by Gasteiger charge is 2.42. The van der Waals surface area contributed by atoms with Crippen LogP contribution in [0.1, 0.15) is 63.0 Å². The number of hydrogen-bond donors (Lipinski definition) is 2. The molecule has 35 heavy (non-hydrogen) atoms. The standard InChI is InChI=1S/C28H34F3NO3/c1-16-2-6-21(7-3-16)35-25-9-5-18-12-17(4-8-22(18)26(25)28(29,30)31)13-23-19-10-11-32-24(23)15-20(14-19)27(33)34/h4-5,8-9,12,16,19-21,23-24,32H,2-3,6-7,10-11,13-15H2,1H3,(H,33,34)/t16-,19?,20?,21+,23?,24?. The van der Waals surface area contributed by atoms with Gasteiger partial charge in [0.2, 0.25) is 0 Å². The Labute approximate surface area is 204 Å². The van der Waals surface area contributed by atoms with E-state index in [0.29, 0.717) is 36.0 Å². The normalized spacial score (nSPS) is 31.3. The Kier molecular flexibility index (Phi) is 6.73. The summed E-state index contributed by atoms with van der Waals surface area (Å²) in [6.07, 6.45) is 1.84. The van der Waals surface area contributed by atoms with Crippen molar-refractivity contribution in [2.24, 2.45) is 23.7 Å². The minimum Gasteiger partial charge on any atom is -0.490 e. The average Bonchev–Trinajstić information content (AvgIpc) is 2.79. The topological polar surface area (TPSA) is 58.6 Å². The molecular formula is C28H34F3NO3. The van der Waals surface area contributed by atoms with E-state index >= 15 is 0 Å². The third kappa shape index (κ3) is 5.16. The number of carboxylic acids is 1. The van der Waals surface area contributed by atoms with E-state index in [-0.39, 0.29) is 29.2 Å². The fraction of sp³-hybridized carbons (Fsp3) is 0.607. The van der Waals surface area contributed by atoms with Gasteiger partial charge in [-0.2, -0.15) is 13.2 Å². The number of ether oxygens (including phenoxy) is 1. The third-order valence-electron chi connectivity index (χ3n) is 8.58. The van der Waals surface area contributed by atoms with Crippen molar-refractivity contribution < 1.29 is 27.8 Å². The first-order valence-corrected chi connectivity index (χ1v) is 12.9. The maximum absolute atomic E-state index is 14.2. The van der Waals surface area contributed by atoms with E-state index in [1.807, 2.05) is 12.1 Å². The summed E-state index contributed by atoms with van der Waals surface area (Å²) >= 11 is 0. The zero-order valence-electron chi connectivity index (χ0n) is 20.1. The molecular weight excluding hydrogens is 455 g/mol. The van der Waals surface area contributed by atoms with E-state index in [4.69, 9.17) is 4.74 Å². The van der Waals surface area contributed by atoms with Crippen molar-refractivity contribution in [1.29, 1.82) is 0 Å². The second-order valence-corrected chi connectivity index (χ2v) is 11.0. The van der Waals surface area contributed by atoms with Gasteiger partial charge >= 0.3 is 12.1 Å². The zero-order chi connectivity index (χ0) is 24.7. The van der Waals surface area contributed by atoms with Crippen molar-refractivity contribution in [3.05, 3.63) is 41.5 Å². The molecule has 0 spiro atoms. The maximum Gasteiger partial charge on any atom is 0.420 e. The molecule has 5 rings (SSSR count). The Morgan fingerprint density at radius 1 is 1.09 bits per heavy atom. The molecule has 2 N–H and O–H groups in total. The number of hydrogen-bond acceptors (Lipinski definition) is 3. The van der Waals surface area contributed by atoms with Gasteiger partial charge < -0.3 is 15.2 Å². The van der Waals surface area contributed by atoms with Gasteiger partial charge in [0.1, 0.15) is 11.3 Å². The monoisotopic (exact) mass is 489 g/mol. The van der Waals surface area contributed by atoms with Crippen LogP contribution in [-0.2, 0) is 17.4 Å². The Hall–Kier alpha value is -2.28. The fourth-order valence-electron chi connectivity index (χ4n) is 6.65. The van der Waals surface area contributed by atoms with Gasteiger partial charge in [-0.1, -0.05) is 31.2 Å². The summed E-state index contributed by atoms with van der Waals surface area (Å²) in [6, 6.07) is 8.64. The van der Waals surface area contributed by atoms with Crippen LogP contribution < -0.4 is 10.1 Å². The first kappa shape index (κ1) is 24.4. The van der Waals surface area contributed by atoms with Crippen molar-refractivity contribution in [2.75, 3.05) is 6.54 Å². The highest BCUT2D eigenvalue weighted by atomic mass is 19.4. The van der Waals surface area contributed by atoms with E-state index in [1.54, 1.807) is 12.1 Å². The fourth-order valence-corrected chi connectivity index (χ4v) is 6.65. The summed E-state index contributed by atoms with van der Waals surface area (Å²) in [6.45, 7) is 3.07. The predicted molar refractivity (Wildman–Crippen MR) is 128 cm³/mol. The highest BCUT2D eigenvalue weighted by Crippen LogP contribution is 2.44. The third-order valence-corrected chi connectivity index (χ3v) is 8.58. The Balaban J connectivity index is 1.40. The second kappa shape index (κ2) is 9.64. The number of carbonyl (C=O) groups is 1. The number of rotatable bonds is 5. The smallest absolute Gasteiger partial charge is 0.420 e. The van der Waals surface area contributed by atoms with Crippen molar-refractivity contribution in [3.8, 4) is 5.75 Å². The second-order valence-electron chi connectivity index (χ2n) is 11.0. The van der Waals surface area contributed by atoms with Crippen LogP contribution in [0.15, 0.2) is 30.3 Å². The number of benzene rings is 2. The molecule has 2 aliphatic carbocycles. The maximum atomic E-state index is 14.2. The number of nitrogens with one attached hydrogen (secondary N) is 1. The summed E-state index contributed by atoms with van der Waals surface area (Å²) in [5, 5.41) is 13.7. The number of carboxylic acid groups (broad SMARTS) is 1. The molecule has 3 aliphatic rings. The van der Waals surface area contributed by atoms with Crippen LogP contribution >= 0.6 is 0 Å². The Morgan fingerprint density at radius 3 is 2.54 bits per heavy atom. The molecule has 1 heterocycles. The molecule has 0 amide bonds. The van der Waals surface area contributed by atoms with E-state index in [1.165, 1.54) is 6.07 Å². The molecule has 4 atom stereocenters. The van der Waals surface area contributed by atoms with Gasteiger partial charge in [-0.25, -0.2) is 0 Å². The molecule has 3 fully saturated rings. The molecule has 2 aromatic carbocycles. The largest absolute Gasteiger partial charge is 0.490 e. The lowest BCUT2D eigenvalue weighted by Crippen LogP contribution is -2.52. The molecule has 190 valence electrons. The molecule has 4 unspecified atom stereocenters. The predicted octanol–water partition coefficient (Wildman–Crippen LogP) is 6.45. The molecule has 4 nitrogen and oxygen atoms in total. The van der Waals surface area contributed by atoms with Gasteiger partial charge in [0.25, 0.3) is 0 Å². The minimum absolute atomic E-state index is 0.0666. The molecule has 0 radical (unpaired) electrons. The molecule has 2 saturated carbocycles. The molecule has 1 aliphatic heterocycles. The first-order chi connectivity index (χ1) is 16.7. The number of aliphatic carboxylic acids is 1. The molecule has 7 heteroatoms. The van der Waals surface area contributed by atoms with Crippen LogP contribution in [-0.4, -0.2) is 29.8 Å². The van der Waals surface area contributed by atoms with Crippen molar-refractivity contribution >= 4 is 16.7 Å². The molecule has 0 aromatic heterocycles. The Bertz CT molecular complexity index is 1060. The van der Waals surface area contributed by atoms with Crippen molar-refractivity contribution in [2.45, 2.75) is 76.6 Å². The van der Waals surface area contributed by atoms with E-state index in [0.717, 1.165) is 50.6 Å². The summed E-state index contributed by atoms with van der Waals surface area (Å²) in [4.78, 5) is 11.5. The van der Waals surface area contributed by atoms with Crippen LogP contribution in [0.3, 0.4) is 0 Å². The zero-order valence-corrected chi connectivity index (χ0v) is 20.1. The van der Waals surface area contributed by atoms with Gasteiger partial charge in [0.05, 0.1) is 12.0 Å². The lowest BCUT2D eigenvalue weighted by molar-refractivity contribution is -0.145. The lowest BCUT2D eigenvalue weighted by atomic mass is 9.66. The van der Waals surface area contributed by atoms with E-state index in [2.05, 4.69) is 12.2 Å². The average molecular weight is 490 g/mol. The van der Waals surface area contributed by atoms with Crippen LogP contribution in [0.5, 0.6) is 5.75 Å². The van der Waals surface area contributed by atoms with Crippen molar-refractivity contribution in [1.82, 2.24) is 5.32 Å².